The van der Waals surface area contributed by atoms with E-state index in [4.69, 9.17) is 10.2 Å². The fourth-order valence-electron chi connectivity index (χ4n) is 3.49. The second-order valence-electron chi connectivity index (χ2n) is 8.17. The fourth-order valence-corrected chi connectivity index (χ4v) is 3.49. The summed E-state index contributed by atoms with van der Waals surface area (Å²) in [6.07, 6.45) is 1.11. The summed E-state index contributed by atoms with van der Waals surface area (Å²) in [6.45, 7) is 3.83. The summed E-state index contributed by atoms with van der Waals surface area (Å²) in [5.41, 5.74) is 0.867. The number of rotatable bonds is 11. The van der Waals surface area contributed by atoms with Gasteiger partial charge in [-0.05, 0) is 23.8 Å². The molecule has 1 aromatic carbocycles. The quantitative estimate of drug-likeness (QED) is 0.299. The van der Waals surface area contributed by atoms with Crippen molar-refractivity contribution in [1.29, 1.82) is 0 Å². The van der Waals surface area contributed by atoms with Gasteiger partial charge in [-0.1, -0.05) is 38.1 Å². The highest BCUT2D eigenvalue weighted by Gasteiger charge is 2.32. The number of amides is 2. The Labute approximate surface area is 186 Å². The lowest BCUT2D eigenvalue weighted by Crippen LogP contribution is -2.43. The molecule has 9 heteroatoms. The Balaban J connectivity index is 2.01. The number of carbonyl (C=O) groups excluding carboxylic acids is 3. The van der Waals surface area contributed by atoms with Crippen molar-refractivity contribution in [1.82, 2.24) is 10.2 Å². The van der Waals surface area contributed by atoms with E-state index in [1.807, 2.05) is 13.8 Å². The van der Waals surface area contributed by atoms with Gasteiger partial charge >= 0.3 is 5.97 Å². The molecule has 4 N–H and O–H groups in total. The zero-order chi connectivity index (χ0) is 23.8. The number of carbonyl (C=O) groups is 4. The normalized spacial score (nSPS) is 16.0. The van der Waals surface area contributed by atoms with Crippen LogP contribution < -0.4 is 5.32 Å². The van der Waals surface area contributed by atoms with Gasteiger partial charge in [-0.2, -0.15) is 0 Å². The van der Waals surface area contributed by atoms with Gasteiger partial charge in [0.15, 0.2) is 5.78 Å². The molecular formula is C23H30N2O7. The van der Waals surface area contributed by atoms with Crippen molar-refractivity contribution in [2.24, 2.45) is 11.8 Å². The third-order valence-corrected chi connectivity index (χ3v) is 5.75. The van der Waals surface area contributed by atoms with Crippen LogP contribution >= 0.6 is 0 Å². The third-order valence-electron chi connectivity index (χ3n) is 5.75. The van der Waals surface area contributed by atoms with E-state index < -0.39 is 29.9 Å². The number of aliphatic carboxylic acids is 1. The second-order valence-corrected chi connectivity index (χ2v) is 8.17. The van der Waals surface area contributed by atoms with Crippen LogP contribution in [0, 0.1) is 11.8 Å². The predicted octanol–water partition coefficient (Wildman–Crippen LogP) is 1.66. The smallest absolute Gasteiger partial charge is 0.322 e. The largest absolute Gasteiger partial charge is 0.511 e. The highest BCUT2D eigenvalue weighted by molar-refractivity contribution is 6.19. The summed E-state index contributed by atoms with van der Waals surface area (Å²) in [4.78, 5) is 49.4. The molecule has 2 rings (SSSR count). The molecule has 2 atom stereocenters. The minimum atomic E-state index is -1.26. The van der Waals surface area contributed by atoms with E-state index in [0.717, 1.165) is 5.56 Å². The van der Waals surface area contributed by atoms with E-state index in [1.54, 1.807) is 24.3 Å². The summed E-state index contributed by atoms with van der Waals surface area (Å²) in [6, 6.07) is 6.88. The Morgan fingerprint density at radius 2 is 1.78 bits per heavy atom. The van der Waals surface area contributed by atoms with Crippen LogP contribution in [0.5, 0.6) is 0 Å². The second kappa shape index (κ2) is 11.4. The number of carboxylic acids is 1. The Morgan fingerprint density at radius 3 is 2.38 bits per heavy atom. The maximum absolute atomic E-state index is 12.7. The average molecular weight is 447 g/mol. The van der Waals surface area contributed by atoms with Gasteiger partial charge in [0.25, 0.3) is 11.8 Å². The van der Waals surface area contributed by atoms with Crippen molar-refractivity contribution in [3.63, 3.8) is 0 Å². The molecule has 0 aliphatic carbocycles. The van der Waals surface area contributed by atoms with Gasteiger partial charge < -0.3 is 25.5 Å². The molecule has 0 bridgehead atoms. The molecule has 0 spiro atoms. The molecule has 1 heterocycles. The lowest BCUT2D eigenvalue weighted by Gasteiger charge is -2.28. The van der Waals surface area contributed by atoms with Crippen LogP contribution in [0.15, 0.2) is 35.6 Å². The van der Waals surface area contributed by atoms with Crippen LogP contribution in [0.4, 0.5) is 0 Å². The molecule has 0 saturated carbocycles. The first-order chi connectivity index (χ1) is 15.1. The van der Waals surface area contributed by atoms with Crippen LogP contribution in [0.25, 0.3) is 0 Å². The summed E-state index contributed by atoms with van der Waals surface area (Å²) < 4.78 is 0. The standard InChI is InChI=1S/C23H30N2O7/c1-14(8-10-26)15(2)11-19(28)17-5-3-16(4-6-17)13-25-9-7-18(27)21(23(25)32)22(31)24-12-20(29)30/h3-6,14-15,26-27H,7-13H2,1-2H3,(H,24,31)(H,29,30). The highest BCUT2D eigenvalue weighted by Crippen LogP contribution is 2.22. The van der Waals surface area contributed by atoms with Crippen molar-refractivity contribution < 1.29 is 34.5 Å². The van der Waals surface area contributed by atoms with Gasteiger partial charge in [0.05, 0.1) is 0 Å². The number of nitrogens with zero attached hydrogens (tertiary/aromatic N) is 1. The van der Waals surface area contributed by atoms with Crippen LogP contribution in [0.1, 0.15) is 49.0 Å². The van der Waals surface area contributed by atoms with Gasteiger partial charge in [-0.25, -0.2) is 0 Å². The Kier molecular flexibility index (Phi) is 8.95. The molecule has 1 aliphatic rings. The highest BCUT2D eigenvalue weighted by atomic mass is 16.4. The van der Waals surface area contributed by atoms with E-state index in [-0.39, 0.29) is 49.5 Å². The maximum Gasteiger partial charge on any atom is 0.322 e. The number of benzene rings is 1. The first-order valence-electron chi connectivity index (χ1n) is 10.6. The van der Waals surface area contributed by atoms with E-state index in [1.165, 1.54) is 4.90 Å². The molecule has 1 aromatic rings. The van der Waals surface area contributed by atoms with Crippen LogP contribution in [0.3, 0.4) is 0 Å². The number of hydrogen-bond donors (Lipinski definition) is 4. The molecule has 2 unspecified atom stereocenters. The first kappa shape index (κ1) is 25.1. The monoisotopic (exact) mass is 446 g/mol. The number of aliphatic hydroxyl groups excluding tert-OH is 2. The van der Waals surface area contributed by atoms with Gasteiger partial charge in [-0.3, -0.25) is 19.2 Å². The number of Topliss-reactive ketones (excluding diaryl/α,β-unsaturated/α-hetero) is 1. The lowest BCUT2D eigenvalue weighted by molar-refractivity contribution is -0.138. The lowest BCUT2D eigenvalue weighted by atomic mass is 9.87. The number of ketones is 1. The number of carboxylic acid groups (broad SMARTS) is 1. The fraction of sp³-hybridized carbons (Fsp3) is 0.478. The zero-order valence-corrected chi connectivity index (χ0v) is 18.3. The van der Waals surface area contributed by atoms with E-state index in [0.29, 0.717) is 18.4 Å². The molecule has 2 amide bonds. The molecule has 1 aliphatic heterocycles. The summed E-state index contributed by atoms with van der Waals surface area (Å²) >= 11 is 0. The van der Waals surface area contributed by atoms with Gasteiger partial charge in [0.1, 0.15) is 17.9 Å². The molecule has 0 radical (unpaired) electrons. The average Bonchev–Trinajstić information content (AvgIpc) is 2.75. The molecule has 0 aromatic heterocycles. The third kappa shape index (κ3) is 6.65. The Morgan fingerprint density at radius 1 is 1.12 bits per heavy atom. The van der Waals surface area contributed by atoms with Crippen LogP contribution in [-0.2, 0) is 20.9 Å². The summed E-state index contributed by atoms with van der Waals surface area (Å²) in [7, 11) is 0. The number of aliphatic hydroxyl groups is 2. The molecule has 32 heavy (non-hydrogen) atoms. The summed E-state index contributed by atoms with van der Waals surface area (Å²) in [5.74, 6) is -2.84. The van der Waals surface area contributed by atoms with Crippen molar-refractivity contribution in [2.75, 3.05) is 19.7 Å². The molecule has 0 saturated heterocycles. The maximum atomic E-state index is 12.7. The number of hydrogen-bond acceptors (Lipinski definition) is 6. The minimum absolute atomic E-state index is 0.00753. The van der Waals surface area contributed by atoms with Crippen molar-refractivity contribution in [3.05, 3.63) is 46.7 Å². The van der Waals surface area contributed by atoms with E-state index in [9.17, 15) is 24.3 Å². The SMILES string of the molecule is CC(CCO)C(C)CC(=O)c1ccc(CN2CCC(O)=C(C(=O)NCC(=O)O)C2=O)cc1. The first-order valence-corrected chi connectivity index (χ1v) is 10.6. The van der Waals surface area contributed by atoms with Crippen molar-refractivity contribution in [2.45, 2.75) is 39.7 Å². The van der Waals surface area contributed by atoms with E-state index in [2.05, 4.69) is 5.32 Å². The van der Waals surface area contributed by atoms with E-state index >= 15 is 0 Å². The van der Waals surface area contributed by atoms with Crippen molar-refractivity contribution >= 4 is 23.6 Å². The Hall–Kier alpha value is -3.20. The zero-order valence-electron chi connectivity index (χ0n) is 18.3. The van der Waals surface area contributed by atoms with Gasteiger partial charge in [-0.15, -0.1) is 0 Å². The molecular weight excluding hydrogens is 416 g/mol. The minimum Gasteiger partial charge on any atom is -0.511 e. The topological polar surface area (TPSA) is 144 Å². The Bertz CT molecular complexity index is 892. The van der Waals surface area contributed by atoms with Gasteiger partial charge in [0.2, 0.25) is 0 Å². The predicted molar refractivity (Wildman–Crippen MR) is 116 cm³/mol. The summed E-state index contributed by atoms with van der Waals surface area (Å²) in [5, 5.41) is 29.8. The number of nitrogens with one attached hydrogen (secondary N) is 1. The van der Waals surface area contributed by atoms with Crippen LogP contribution in [-0.4, -0.2) is 63.5 Å². The van der Waals surface area contributed by atoms with Crippen molar-refractivity contribution in [3.8, 4) is 0 Å². The van der Waals surface area contributed by atoms with Gasteiger partial charge in [0, 0.05) is 38.1 Å². The van der Waals surface area contributed by atoms with Crippen LogP contribution in [0.2, 0.25) is 0 Å². The molecule has 9 nitrogen and oxygen atoms in total. The molecule has 0 fully saturated rings. The molecule has 174 valence electrons.